The monoisotopic (exact) mass is 483 g/mol. The molecular weight excluding hydrogens is 445 g/mol. The van der Waals surface area contributed by atoms with Crippen LogP contribution in [0.3, 0.4) is 0 Å². The normalized spacial score (nSPS) is 22.3. The predicted molar refractivity (Wildman–Crippen MR) is 135 cm³/mol. The first-order chi connectivity index (χ1) is 16.9. The molecule has 1 amide bonds. The number of likely N-dealkylation sites (N-methyl/N-ethyl adjacent to an activating group) is 1. The maximum atomic E-state index is 13.6. The number of hydrogen-bond acceptors (Lipinski definition) is 5. The van der Waals surface area contributed by atoms with Crippen molar-refractivity contribution in [1.82, 2.24) is 14.8 Å². The van der Waals surface area contributed by atoms with Crippen molar-refractivity contribution in [3.05, 3.63) is 47.9 Å². The zero-order valence-electron chi connectivity index (χ0n) is 21.1. The number of aliphatic hydroxyl groups excluding tert-OH is 1. The van der Waals surface area contributed by atoms with Crippen molar-refractivity contribution < 1.29 is 19.0 Å². The van der Waals surface area contributed by atoms with Crippen LogP contribution in [0.15, 0.2) is 36.5 Å². The van der Waals surface area contributed by atoms with Gasteiger partial charge in [0.25, 0.3) is 5.91 Å². The second-order valence-electron chi connectivity index (χ2n) is 10.4. The van der Waals surface area contributed by atoms with Gasteiger partial charge in [-0.3, -0.25) is 4.79 Å². The molecule has 7 heteroatoms. The van der Waals surface area contributed by atoms with Gasteiger partial charge < -0.3 is 19.6 Å². The molecule has 1 aromatic carbocycles. The molecule has 0 spiro atoms. The first kappa shape index (κ1) is 25.6. The number of aromatic nitrogens is 1. The van der Waals surface area contributed by atoms with E-state index >= 15 is 0 Å². The summed E-state index contributed by atoms with van der Waals surface area (Å²) < 4.78 is 19.9. The highest BCUT2D eigenvalue weighted by Crippen LogP contribution is 2.31. The highest BCUT2D eigenvalue weighted by atomic mass is 19.1. The predicted octanol–water partition coefficient (Wildman–Crippen LogP) is 4.62. The number of pyridine rings is 1. The van der Waals surface area contributed by atoms with E-state index in [-0.39, 0.29) is 36.4 Å². The number of nitrogens with zero attached hydrogens (tertiary/aromatic N) is 3. The Labute approximate surface area is 208 Å². The summed E-state index contributed by atoms with van der Waals surface area (Å²) in [6.07, 6.45) is 8.09. The number of hydrogen-bond donors (Lipinski definition) is 1. The van der Waals surface area contributed by atoms with E-state index in [1.165, 1.54) is 44.2 Å². The molecule has 35 heavy (non-hydrogen) atoms. The van der Waals surface area contributed by atoms with Crippen LogP contribution in [0.1, 0.15) is 56.3 Å². The van der Waals surface area contributed by atoms with Crippen LogP contribution in [-0.4, -0.2) is 71.2 Å². The van der Waals surface area contributed by atoms with Gasteiger partial charge in [0.15, 0.2) is 0 Å². The Morgan fingerprint density at radius 3 is 2.57 bits per heavy atom. The maximum Gasteiger partial charge on any atom is 0.259 e. The fraction of sp³-hybridized carbons (Fsp3) is 0.571. The van der Waals surface area contributed by atoms with E-state index in [0.717, 1.165) is 30.1 Å². The molecule has 1 N–H and O–H groups in total. The zero-order valence-corrected chi connectivity index (χ0v) is 21.1. The lowest BCUT2D eigenvalue weighted by atomic mass is 9.89. The van der Waals surface area contributed by atoms with Gasteiger partial charge in [-0.05, 0) is 56.5 Å². The zero-order chi connectivity index (χ0) is 24.9. The van der Waals surface area contributed by atoms with Gasteiger partial charge >= 0.3 is 0 Å². The molecule has 1 aliphatic carbocycles. The lowest BCUT2D eigenvalue weighted by Gasteiger charge is -2.38. The number of ether oxygens (including phenoxy) is 1. The van der Waals surface area contributed by atoms with E-state index in [2.05, 4.69) is 23.9 Å². The van der Waals surface area contributed by atoms with E-state index in [1.54, 1.807) is 29.3 Å². The number of halogens is 1. The van der Waals surface area contributed by atoms with E-state index in [9.17, 15) is 14.3 Å². The van der Waals surface area contributed by atoms with Crippen molar-refractivity contribution in [3.8, 4) is 17.0 Å². The van der Waals surface area contributed by atoms with Gasteiger partial charge in [0, 0.05) is 37.3 Å². The number of amides is 1. The highest BCUT2D eigenvalue weighted by Gasteiger charge is 2.34. The Hall–Kier alpha value is -2.51. The summed E-state index contributed by atoms with van der Waals surface area (Å²) in [5.41, 5.74) is 1.87. The number of aliphatic hydroxyl groups is 1. The van der Waals surface area contributed by atoms with Crippen LogP contribution in [0.25, 0.3) is 11.1 Å². The van der Waals surface area contributed by atoms with Crippen LogP contribution >= 0.6 is 0 Å². The van der Waals surface area contributed by atoms with Gasteiger partial charge in [-0.2, -0.15) is 0 Å². The summed E-state index contributed by atoms with van der Waals surface area (Å²) >= 11 is 0. The Kier molecular flexibility index (Phi) is 8.39. The molecule has 190 valence electrons. The summed E-state index contributed by atoms with van der Waals surface area (Å²) in [6.45, 7) is 6.12. The molecule has 6 nitrogen and oxygen atoms in total. The second kappa shape index (κ2) is 11.5. The largest absolute Gasteiger partial charge is 0.472 e. The Morgan fingerprint density at radius 2 is 1.89 bits per heavy atom. The van der Waals surface area contributed by atoms with Gasteiger partial charge in [-0.1, -0.05) is 38.3 Å². The second-order valence-corrected chi connectivity index (χ2v) is 10.4. The molecule has 2 aliphatic rings. The van der Waals surface area contributed by atoms with Crippen LogP contribution in [0, 0.1) is 17.7 Å². The molecule has 3 atom stereocenters. The quantitative estimate of drug-likeness (QED) is 0.623. The number of carbonyl (C=O) groups excluding carboxylic acids is 1. The van der Waals surface area contributed by atoms with Crippen molar-refractivity contribution in [2.75, 3.05) is 33.3 Å². The Morgan fingerprint density at radius 1 is 1.17 bits per heavy atom. The third kappa shape index (κ3) is 6.19. The van der Waals surface area contributed by atoms with Gasteiger partial charge in [-0.25, -0.2) is 9.37 Å². The Balaban J connectivity index is 1.62. The summed E-state index contributed by atoms with van der Waals surface area (Å²) in [5, 5.41) is 9.87. The average Bonchev–Trinajstić information content (AvgIpc) is 2.86. The third-order valence-electron chi connectivity index (χ3n) is 7.48. The molecule has 0 saturated heterocycles. The van der Waals surface area contributed by atoms with Crippen molar-refractivity contribution in [1.29, 1.82) is 0 Å². The van der Waals surface area contributed by atoms with Crippen LogP contribution in [-0.2, 0) is 0 Å². The molecule has 2 heterocycles. The van der Waals surface area contributed by atoms with E-state index in [4.69, 9.17) is 4.74 Å². The number of carbonyl (C=O) groups is 1. The van der Waals surface area contributed by atoms with Gasteiger partial charge in [0.1, 0.15) is 17.5 Å². The number of fused-ring (bicyclic) bond motifs is 1. The van der Waals surface area contributed by atoms with Crippen LogP contribution in [0.2, 0.25) is 0 Å². The SMILES string of the molecule is C[C@H](CO)N1C[C@H](C)[C@H](CN(C)CC2CCCCC2)Oc2ncc(-c3ccc(F)cc3)cc2C1=O. The highest BCUT2D eigenvalue weighted by molar-refractivity contribution is 5.98. The van der Waals surface area contributed by atoms with Crippen molar-refractivity contribution in [2.45, 2.75) is 58.1 Å². The van der Waals surface area contributed by atoms with Crippen LogP contribution < -0.4 is 4.74 Å². The molecule has 1 aliphatic heterocycles. The van der Waals surface area contributed by atoms with E-state index in [0.29, 0.717) is 18.0 Å². The molecular formula is C28H38FN3O3. The van der Waals surface area contributed by atoms with Crippen molar-refractivity contribution in [3.63, 3.8) is 0 Å². The first-order valence-corrected chi connectivity index (χ1v) is 12.9. The Bertz CT molecular complexity index is 993. The topological polar surface area (TPSA) is 65.9 Å². The molecule has 0 bridgehead atoms. The molecule has 0 unspecified atom stereocenters. The molecule has 1 fully saturated rings. The standard InChI is InChI=1S/C28H38FN3O3/c1-19-15-32(20(2)18-33)28(34)25-13-23(22-9-11-24(29)12-10-22)14-30-27(25)35-26(19)17-31(3)16-21-7-5-4-6-8-21/h9-14,19-21,26,33H,4-8,15-18H2,1-3H3/t19-,20+,26-/m0/s1. The lowest BCUT2D eigenvalue weighted by molar-refractivity contribution is 0.0314. The average molecular weight is 484 g/mol. The first-order valence-electron chi connectivity index (χ1n) is 12.9. The minimum absolute atomic E-state index is 0.0634. The molecule has 0 radical (unpaired) electrons. The minimum Gasteiger partial charge on any atom is -0.472 e. The van der Waals surface area contributed by atoms with Crippen LogP contribution in [0.5, 0.6) is 5.88 Å². The third-order valence-corrected chi connectivity index (χ3v) is 7.48. The number of rotatable bonds is 7. The summed E-state index contributed by atoms with van der Waals surface area (Å²) in [7, 11) is 2.15. The van der Waals surface area contributed by atoms with E-state index < -0.39 is 0 Å². The smallest absolute Gasteiger partial charge is 0.259 e. The summed E-state index contributed by atoms with van der Waals surface area (Å²) in [6, 6.07) is 7.58. The van der Waals surface area contributed by atoms with Crippen LogP contribution in [0.4, 0.5) is 4.39 Å². The fourth-order valence-electron chi connectivity index (χ4n) is 5.31. The maximum absolute atomic E-state index is 13.6. The summed E-state index contributed by atoms with van der Waals surface area (Å²) in [5.74, 6) is 0.587. The van der Waals surface area contributed by atoms with Crippen molar-refractivity contribution >= 4 is 5.91 Å². The van der Waals surface area contributed by atoms with Gasteiger partial charge in [-0.15, -0.1) is 0 Å². The lowest BCUT2D eigenvalue weighted by Crippen LogP contribution is -2.50. The molecule has 2 aromatic rings. The molecule has 4 rings (SSSR count). The minimum atomic E-state index is -0.328. The van der Waals surface area contributed by atoms with Crippen molar-refractivity contribution in [2.24, 2.45) is 11.8 Å². The van der Waals surface area contributed by atoms with Gasteiger partial charge in [0.05, 0.1) is 12.6 Å². The molecule has 1 aromatic heterocycles. The number of benzene rings is 1. The van der Waals surface area contributed by atoms with Gasteiger partial charge in [0.2, 0.25) is 5.88 Å². The summed E-state index contributed by atoms with van der Waals surface area (Å²) in [4.78, 5) is 22.2. The van der Waals surface area contributed by atoms with E-state index in [1.807, 2.05) is 6.92 Å². The fourth-order valence-corrected chi connectivity index (χ4v) is 5.31. The molecule has 1 saturated carbocycles.